The van der Waals surface area contributed by atoms with Gasteiger partial charge in [-0.2, -0.15) is 13.5 Å². The Hall–Kier alpha value is -2.02. The topological polar surface area (TPSA) is 84.2 Å². The maximum Gasteiger partial charge on any atom is 0.279 e. The number of aromatic nitrogens is 2. The van der Waals surface area contributed by atoms with Gasteiger partial charge in [0.05, 0.1) is 11.9 Å². The van der Waals surface area contributed by atoms with Gasteiger partial charge >= 0.3 is 0 Å². The van der Waals surface area contributed by atoms with Gasteiger partial charge in [-0.15, -0.1) is 0 Å². The highest BCUT2D eigenvalue weighted by Gasteiger charge is 2.21. The summed E-state index contributed by atoms with van der Waals surface area (Å²) in [6.07, 6.45) is 1.40. The summed E-state index contributed by atoms with van der Waals surface area (Å²) in [5, 5.41) is 13.8. The van der Waals surface area contributed by atoms with E-state index in [9.17, 15) is 13.5 Å². The van der Waals surface area contributed by atoms with Crippen LogP contribution >= 0.6 is 0 Å². The van der Waals surface area contributed by atoms with E-state index in [-0.39, 0.29) is 21.9 Å². The zero-order valence-corrected chi connectivity index (χ0v) is 13.3. The van der Waals surface area contributed by atoms with Crippen LogP contribution in [0, 0.1) is 0 Å². The number of sulfonamides is 1. The summed E-state index contributed by atoms with van der Waals surface area (Å²) in [5.41, 5.74) is 0.923. The highest BCUT2D eigenvalue weighted by Crippen LogP contribution is 2.31. The molecule has 0 fully saturated rings. The molecule has 6 nitrogen and oxygen atoms in total. The van der Waals surface area contributed by atoms with Crippen molar-refractivity contribution >= 4 is 15.7 Å². The van der Waals surface area contributed by atoms with Crippen LogP contribution in [0.25, 0.3) is 0 Å². The zero-order valence-electron chi connectivity index (χ0n) is 12.5. The number of phenolic OH excluding ortho intramolecular Hbond substituents is 1. The first-order valence-electron chi connectivity index (χ1n) is 6.45. The van der Waals surface area contributed by atoms with Crippen molar-refractivity contribution in [1.82, 2.24) is 9.78 Å². The van der Waals surface area contributed by atoms with Crippen molar-refractivity contribution in [2.45, 2.75) is 31.2 Å². The minimum absolute atomic E-state index is 0.0306. The average molecular weight is 309 g/mol. The largest absolute Gasteiger partial charge is 0.506 e. The Morgan fingerprint density at radius 1 is 1.24 bits per heavy atom. The predicted molar refractivity (Wildman–Crippen MR) is 80.8 cm³/mol. The van der Waals surface area contributed by atoms with Gasteiger partial charge in [0.15, 0.2) is 5.03 Å². The van der Waals surface area contributed by atoms with Gasteiger partial charge in [0.25, 0.3) is 10.0 Å². The first-order chi connectivity index (χ1) is 9.61. The number of benzene rings is 1. The van der Waals surface area contributed by atoms with Crippen molar-refractivity contribution in [3.63, 3.8) is 0 Å². The van der Waals surface area contributed by atoms with Crippen LogP contribution in [0.5, 0.6) is 5.75 Å². The highest BCUT2D eigenvalue weighted by atomic mass is 32.2. The van der Waals surface area contributed by atoms with Gasteiger partial charge in [-0.3, -0.25) is 9.40 Å². The Balaban J connectivity index is 2.42. The predicted octanol–water partition coefficient (Wildman–Crippen LogP) is 2.22. The van der Waals surface area contributed by atoms with E-state index in [4.69, 9.17) is 0 Å². The molecule has 0 aliphatic rings. The van der Waals surface area contributed by atoms with Crippen molar-refractivity contribution < 1.29 is 13.5 Å². The molecule has 0 radical (unpaired) electrons. The number of aromatic hydroxyl groups is 1. The van der Waals surface area contributed by atoms with Gasteiger partial charge in [0.1, 0.15) is 5.75 Å². The molecular formula is C14H19N3O3S. The molecule has 2 aromatic rings. The Bertz CT molecular complexity index is 758. The number of hydrogen-bond acceptors (Lipinski definition) is 4. The number of hydrogen-bond donors (Lipinski definition) is 2. The van der Waals surface area contributed by atoms with Gasteiger partial charge in [0.2, 0.25) is 0 Å². The number of anilines is 1. The smallest absolute Gasteiger partial charge is 0.279 e. The van der Waals surface area contributed by atoms with E-state index in [0.717, 1.165) is 5.56 Å². The fourth-order valence-electron chi connectivity index (χ4n) is 1.91. The van der Waals surface area contributed by atoms with Crippen LogP contribution in [0.15, 0.2) is 35.5 Å². The minimum atomic E-state index is -3.79. The second-order valence-corrected chi connectivity index (χ2v) is 7.51. The molecule has 0 aliphatic carbocycles. The lowest BCUT2D eigenvalue weighted by Gasteiger charge is -2.20. The third-order valence-corrected chi connectivity index (χ3v) is 4.60. The second kappa shape index (κ2) is 5.07. The molecule has 0 aliphatic heterocycles. The summed E-state index contributed by atoms with van der Waals surface area (Å²) in [7, 11) is -2.25. The first-order valence-corrected chi connectivity index (χ1v) is 7.94. The molecular weight excluding hydrogens is 290 g/mol. The van der Waals surface area contributed by atoms with Gasteiger partial charge in [-0.05, 0) is 29.2 Å². The lowest BCUT2D eigenvalue weighted by molar-refractivity contribution is 0.476. The van der Waals surface area contributed by atoms with E-state index in [1.165, 1.54) is 23.0 Å². The van der Waals surface area contributed by atoms with Crippen LogP contribution in [-0.4, -0.2) is 23.3 Å². The molecule has 0 unspecified atom stereocenters. The minimum Gasteiger partial charge on any atom is -0.506 e. The second-order valence-electron chi connectivity index (χ2n) is 5.88. The number of aryl methyl sites for hydroxylation is 1. The van der Waals surface area contributed by atoms with Crippen LogP contribution in [0.1, 0.15) is 26.3 Å². The standard InChI is InChI=1S/C14H19N3O3S/c1-14(2,3)10-5-6-12(18)11(9-10)16-21(19,20)13-7-8-15-17(13)4/h5-9,16,18H,1-4H3. The van der Waals surface area contributed by atoms with Crippen molar-refractivity contribution in [3.05, 3.63) is 36.0 Å². The lowest BCUT2D eigenvalue weighted by Crippen LogP contribution is -2.18. The van der Waals surface area contributed by atoms with E-state index >= 15 is 0 Å². The van der Waals surface area contributed by atoms with Gasteiger partial charge in [-0.25, -0.2) is 0 Å². The van der Waals surface area contributed by atoms with Crippen LogP contribution in [-0.2, 0) is 22.5 Å². The molecule has 0 spiro atoms. The maximum absolute atomic E-state index is 12.3. The summed E-state index contributed by atoms with van der Waals surface area (Å²) in [4.78, 5) is 0. The molecule has 1 aromatic carbocycles. The summed E-state index contributed by atoms with van der Waals surface area (Å²) in [6, 6.07) is 6.30. The summed E-state index contributed by atoms with van der Waals surface area (Å²) in [6.45, 7) is 6.04. The molecule has 21 heavy (non-hydrogen) atoms. The van der Waals surface area contributed by atoms with Crippen LogP contribution in [0.4, 0.5) is 5.69 Å². The van der Waals surface area contributed by atoms with Crippen molar-refractivity contribution in [2.24, 2.45) is 7.05 Å². The zero-order chi connectivity index (χ0) is 15.8. The molecule has 0 atom stereocenters. The van der Waals surface area contributed by atoms with E-state index in [1.54, 1.807) is 19.2 Å². The number of rotatable bonds is 3. The average Bonchev–Trinajstić information content (AvgIpc) is 2.77. The van der Waals surface area contributed by atoms with Crippen LogP contribution in [0.2, 0.25) is 0 Å². The molecule has 0 bridgehead atoms. The van der Waals surface area contributed by atoms with E-state index < -0.39 is 10.0 Å². The van der Waals surface area contributed by atoms with Crippen molar-refractivity contribution in [2.75, 3.05) is 4.72 Å². The monoisotopic (exact) mass is 309 g/mol. The van der Waals surface area contributed by atoms with Gasteiger partial charge in [-0.1, -0.05) is 26.8 Å². The Kier molecular flexibility index (Phi) is 3.71. The summed E-state index contributed by atoms with van der Waals surface area (Å²) >= 11 is 0. The van der Waals surface area contributed by atoms with Crippen LogP contribution in [0.3, 0.4) is 0 Å². The highest BCUT2D eigenvalue weighted by molar-refractivity contribution is 7.92. The fraction of sp³-hybridized carbons (Fsp3) is 0.357. The fourth-order valence-corrected chi connectivity index (χ4v) is 3.10. The van der Waals surface area contributed by atoms with Crippen molar-refractivity contribution in [1.29, 1.82) is 0 Å². The Morgan fingerprint density at radius 2 is 1.90 bits per heavy atom. The molecule has 0 amide bonds. The normalized spacial score (nSPS) is 12.4. The summed E-state index contributed by atoms with van der Waals surface area (Å²) in [5.74, 6) is -0.117. The Labute approximate surface area is 124 Å². The van der Waals surface area contributed by atoms with Gasteiger partial charge in [0, 0.05) is 7.05 Å². The lowest BCUT2D eigenvalue weighted by atomic mass is 9.87. The van der Waals surface area contributed by atoms with Crippen molar-refractivity contribution in [3.8, 4) is 5.75 Å². The SMILES string of the molecule is Cn1nccc1S(=O)(=O)Nc1cc(C(C)(C)C)ccc1O. The van der Waals surface area contributed by atoms with Crippen LogP contribution < -0.4 is 4.72 Å². The quantitative estimate of drug-likeness (QED) is 0.852. The molecule has 114 valence electrons. The van der Waals surface area contributed by atoms with E-state index in [0.29, 0.717) is 0 Å². The maximum atomic E-state index is 12.3. The molecule has 7 heteroatoms. The molecule has 0 saturated heterocycles. The third kappa shape index (κ3) is 3.18. The molecule has 2 rings (SSSR count). The van der Waals surface area contributed by atoms with E-state index in [1.807, 2.05) is 20.8 Å². The molecule has 1 aromatic heterocycles. The number of phenols is 1. The summed E-state index contributed by atoms with van der Waals surface area (Å²) < 4.78 is 28.3. The number of nitrogens with zero attached hydrogens (tertiary/aromatic N) is 2. The Morgan fingerprint density at radius 3 is 2.43 bits per heavy atom. The van der Waals surface area contributed by atoms with Gasteiger partial charge < -0.3 is 5.11 Å². The third-order valence-electron chi connectivity index (χ3n) is 3.16. The molecule has 0 saturated carbocycles. The molecule has 1 heterocycles. The van der Waals surface area contributed by atoms with E-state index in [2.05, 4.69) is 9.82 Å². The molecule has 2 N–H and O–H groups in total. The number of nitrogens with one attached hydrogen (secondary N) is 1. The first kappa shape index (κ1) is 15.4.